The fraction of sp³-hybridized carbons (Fsp3) is 0.429. The van der Waals surface area contributed by atoms with Crippen LogP contribution in [0.1, 0.15) is 19.4 Å². The zero-order valence-electron chi connectivity index (χ0n) is 11.7. The fourth-order valence-corrected chi connectivity index (χ4v) is 1.81. The Labute approximate surface area is 118 Å². The number of carbonyl (C=O) groups excluding carboxylic acids is 2. The van der Waals surface area contributed by atoms with Crippen LogP contribution < -0.4 is 16.8 Å². The number of phenols is 1. The van der Waals surface area contributed by atoms with E-state index in [1.807, 2.05) is 0 Å². The van der Waals surface area contributed by atoms with E-state index in [0.29, 0.717) is 6.42 Å². The summed E-state index contributed by atoms with van der Waals surface area (Å²) in [6, 6.07) is 4.93. The Morgan fingerprint density at radius 1 is 1.25 bits per heavy atom. The lowest BCUT2D eigenvalue weighted by atomic mass is 10.0. The Morgan fingerprint density at radius 3 is 2.25 bits per heavy atom. The number of rotatable bonds is 6. The van der Waals surface area contributed by atoms with Gasteiger partial charge >= 0.3 is 0 Å². The number of hydrogen-bond donors (Lipinski definition) is 4. The smallest absolute Gasteiger partial charge is 0.240 e. The molecule has 2 atom stereocenters. The van der Waals surface area contributed by atoms with E-state index >= 15 is 0 Å². The maximum Gasteiger partial charge on any atom is 0.240 e. The highest BCUT2D eigenvalue weighted by Crippen LogP contribution is 2.11. The minimum Gasteiger partial charge on any atom is -0.508 e. The number of hydrogen-bond acceptors (Lipinski definition) is 4. The molecule has 6 heteroatoms. The number of carbonyl (C=O) groups is 2. The van der Waals surface area contributed by atoms with Crippen LogP contribution in [0.15, 0.2) is 24.3 Å². The number of amides is 2. The van der Waals surface area contributed by atoms with Crippen LogP contribution in [-0.2, 0) is 16.0 Å². The molecule has 0 aliphatic rings. The molecule has 0 spiro atoms. The van der Waals surface area contributed by atoms with Gasteiger partial charge in [0.05, 0.1) is 6.04 Å². The van der Waals surface area contributed by atoms with Gasteiger partial charge in [-0.3, -0.25) is 9.59 Å². The van der Waals surface area contributed by atoms with Crippen LogP contribution in [0, 0.1) is 5.92 Å². The molecule has 110 valence electrons. The average Bonchev–Trinajstić information content (AvgIpc) is 2.37. The number of nitrogens with one attached hydrogen (secondary N) is 1. The Balaban J connectivity index is 2.62. The fourth-order valence-electron chi connectivity index (χ4n) is 1.81. The monoisotopic (exact) mass is 279 g/mol. The van der Waals surface area contributed by atoms with Gasteiger partial charge in [0.15, 0.2) is 0 Å². The Kier molecular flexibility index (Phi) is 5.52. The van der Waals surface area contributed by atoms with Gasteiger partial charge in [0, 0.05) is 0 Å². The third-order valence-corrected chi connectivity index (χ3v) is 3.00. The highest BCUT2D eigenvalue weighted by molar-refractivity contribution is 5.89. The molecule has 0 heterocycles. The first-order chi connectivity index (χ1) is 9.31. The van der Waals surface area contributed by atoms with E-state index in [0.717, 1.165) is 5.56 Å². The van der Waals surface area contributed by atoms with Gasteiger partial charge in [-0.15, -0.1) is 0 Å². The third kappa shape index (κ3) is 4.55. The van der Waals surface area contributed by atoms with E-state index in [1.54, 1.807) is 26.0 Å². The first-order valence-electron chi connectivity index (χ1n) is 6.44. The van der Waals surface area contributed by atoms with Crippen molar-refractivity contribution in [2.75, 3.05) is 0 Å². The standard InChI is InChI=1S/C14H21N3O3/c1-8(2)12(13(16)19)17-14(20)11(15)7-9-3-5-10(18)6-4-9/h3-6,8,11-12,18H,7,15H2,1-2H3,(H2,16,19)(H,17,20)/t11-,12-/m1/s1. The molecular formula is C14H21N3O3. The second-order valence-electron chi connectivity index (χ2n) is 5.11. The summed E-state index contributed by atoms with van der Waals surface area (Å²) in [7, 11) is 0. The van der Waals surface area contributed by atoms with Gasteiger partial charge < -0.3 is 21.9 Å². The van der Waals surface area contributed by atoms with Crippen LogP contribution in [0.3, 0.4) is 0 Å². The highest BCUT2D eigenvalue weighted by Gasteiger charge is 2.24. The topological polar surface area (TPSA) is 118 Å². The summed E-state index contributed by atoms with van der Waals surface area (Å²) in [5, 5.41) is 11.7. The second-order valence-corrected chi connectivity index (χ2v) is 5.11. The van der Waals surface area contributed by atoms with Crippen LogP contribution in [0.2, 0.25) is 0 Å². The molecule has 0 aromatic heterocycles. The largest absolute Gasteiger partial charge is 0.508 e. The van der Waals surface area contributed by atoms with Crippen molar-refractivity contribution in [1.29, 1.82) is 0 Å². The summed E-state index contributed by atoms with van der Waals surface area (Å²) in [5.74, 6) is -0.946. The van der Waals surface area contributed by atoms with Gasteiger partial charge in [-0.25, -0.2) is 0 Å². The molecule has 1 aromatic rings. The zero-order valence-corrected chi connectivity index (χ0v) is 11.7. The lowest BCUT2D eigenvalue weighted by Crippen LogP contribution is -2.53. The van der Waals surface area contributed by atoms with Crippen molar-refractivity contribution in [3.05, 3.63) is 29.8 Å². The quantitative estimate of drug-likeness (QED) is 0.581. The lowest BCUT2D eigenvalue weighted by Gasteiger charge is -2.21. The molecule has 0 bridgehead atoms. The number of aromatic hydroxyl groups is 1. The van der Waals surface area contributed by atoms with Crippen LogP contribution in [0.4, 0.5) is 0 Å². The Hall–Kier alpha value is -2.08. The number of phenolic OH excluding ortho intramolecular Hbond substituents is 1. The summed E-state index contributed by atoms with van der Waals surface area (Å²) in [4.78, 5) is 23.2. The first-order valence-corrected chi connectivity index (χ1v) is 6.44. The number of nitrogens with two attached hydrogens (primary N) is 2. The molecule has 2 amide bonds. The van der Waals surface area contributed by atoms with Crippen molar-refractivity contribution >= 4 is 11.8 Å². The Bertz CT molecular complexity index is 471. The van der Waals surface area contributed by atoms with Gasteiger partial charge in [-0.2, -0.15) is 0 Å². The van der Waals surface area contributed by atoms with Crippen LogP contribution in [0.5, 0.6) is 5.75 Å². The van der Waals surface area contributed by atoms with Gasteiger partial charge in [0.1, 0.15) is 11.8 Å². The van der Waals surface area contributed by atoms with Crippen molar-refractivity contribution < 1.29 is 14.7 Å². The maximum atomic E-state index is 11.9. The number of primary amides is 1. The summed E-state index contributed by atoms with van der Waals surface area (Å²) in [6.07, 6.45) is 0.315. The molecule has 1 aromatic carbocycles. The van der Waals surface area contributed by atoms with E-state index in [-0.39, 0.29) is 11.7 Å². The van der Waals surface area contributed by atoms with Gasteiger partial charge in [0.2, 0.25) is 11.8 Å². The van der Waals surface area contributed by atoms with Crippen molar-refractivity contribution in [2.45, 2.75) is 32.4 Å². The van der Waals surface area contributed by atoms with E-state index < -0.39 is 23.9 Å². The molecule has 1 rings (SSSR count). The minimum absolute atomic E-state index is 0.0997. The summed E-state index contributed by atoms with van der Waals surface area (Å²) < 4.78 is 0. The lowest BCUT2D eigenvalue weighted by molar-refractivity contribution is -0.129. The van der Waals surface area contributed by atoms with Gasteiger partial charge in [-0.1, -0.05) is 26.0 Å². The van der Waals surface area contributed by atoms with E-state index in [2.05, 4.69) is 5.32 Å². The van der Waals surface area contributed by atoms with E-state index in [1.165, 1.54) is 12.1 Å². The van der Waals surface area contributed by atoms with Crippen molar-refractivity contribution in [1.82, 2.24) is 5.32 Å². The molecule has 6 N–H and O–H groups in total. The maximum absolute atomic E-state index is 11.9. The summed E-state index contributed by atoms with van der Waals surface area (Å²) in [5.41, 5.74) is 11.9. The van der Waals surface area contributed by atoms with Crippen LogP contribution in [-0.4, -0.2) is 29.0 Å². The molecule has 0 aliphatic heterocycles. The second kappa shape index (κ2) is 6.91. The SMILES string of the molecule is CC(C)[C@@H](NC(=O)[C@H](N)Cc1ccc(O)cc1)C(N)=O. The summed E-state index contributed by atoms with van der Waals surface area (Å²) in [6.45, 7) is 3.59. The molecule has 0 radical (unpaired) electrons. The van der Waals surface area contributed by atoms with Crippen LogP contribution in [0.25, 0.3) is 0 Å². The minimum atomic E-state index is -0.778. The molecule has 0 aliphatic carbocycles. The summed E-state index contributed by atoms with van der Waals surface area (Å²) >= 11 is 0. The predicted octanol–water partition coefficient (Wildman–Crippen LogP) is -0.112. The molecule has 20 heavy (non-hydrogen) atoms. The Morgan fingerprint density at radius 2 is 1.80 bits per heavy atom. The van der Waals surface area contributed by atoms with Crippen LogP contribution >= 0.6 is 0 Å². The van der Waals surface area contributed by atoms with Crippen molar-refractivity contribution in [3.63, 3.8) is 0 Å². The first kappa shape index (κ1) is 16.0. The average molecular weight is 279 g/mol. The molecule has 0 unspecified atom stereocenters. The molecule has 0 fully saturated rings. The highest BCUT2D eigenvalue weighted by atomic mass is 16.3. The molecule has 6 nitrogen and oxygen atoms in total. The van der Waals surface area contributed by atoms with Gasteiger partial charge in [-0.05, 0) is 30.0 Å². The van der Waals surface area contributed by atoms with Crippen molar-refractivity contribution in [3.8, 4) is 5.75 Å². The zero-order chi connectivity index (χ0) is 15.3. The predicted molar refractivity (Wildman–Crippen MR) is 75.7 cm³/mol. The molecular weight excluding hydrogens is 258 g/mol. The number of benzene rings is 1. The van der Waals surface area contributed by atoms with E-state index in [4.69, 9.17) is 11.5 Å². The van der Waals surface area contributed by atoms with E-state index in [9.17, 15) is 14.7 Å². The normalized spacial score (nSPS) is 13.8. The third-order valence-electron chi connectivity index (χ3n) is 3.00. The molecule has 0 saturated heterocycles. The van der Waals surface area contributed by atoms with Gasteiger partial charge in [0.25, 0.3) is 0 Å². The molecule has 0 saturated carbocycles. The van der Waals surface area contributed by atoms with Crippen molar-refractivity contribution in [2.24, 2.45) is 17.4 Å².